The third kappa shape index (κ3) is 4.09. The van der Waals surface area contributed by atoms with E-state index in [0.717, 1.165) is 23.4 Å². The molecule has 0 atom stereocenters. The van der Waals surface area contributed by atoms with E-state index >= 15 is 0 Å². The second kappa shape index (κ2) is 8.74. The van der Waals surface area contributed by atoms with Crippen molar-refractivity contribution in [1.29, 1.82) is 0 Å². The summed E-state index contributed by atoms with van der Waals surface area (Å²) < 4.78 is 2.10. The zero-order valence-electron chi connectivity index (χ0n) is 17.4. The number of imidazole rings is 1. The summed E-state index contributed by atoms with van der Waals surface area (Å²) in [6.45, 7) is 3.15. The van der Waals surface area contributed by atoms with Gasteiger partial charge < -0.3 is 9.47 Å². The fraction of sp³-hybridized carbons (Fsp3) is 0.160. The third-order valence-electron chi connectivity index (χ3n) is 5.28. The second-order valence-electron chi connectivity index (χ2n) is 7.30. The number of benzene rings is 3. The van der Waals surface area contributed by atoms with Gasteiger partial charge in [-0.3, -0.25) is 9.59 Å². The Labute approximate surface area is 185 Å². The van der Waals surface area contributed by atoms with Gasteiger partial charge in [-0.25, -0.2) is 4.98 Å². The Morgan fingerprint density at radius 1 is 0.935 bits per heavy atom. The van der Waals surface area contributed by atoms with Crippen LogP contribution < -0.4 is 0 Å². The summed E-state index contributed by atoms with van der Waals surface area (Å²) in [7, 11) is 1.73. The van der Waals surface area contributed by atoms with Crippen LogP contribution >= 0.6 is 11.6 Å². The number of fused-ring (bicyclic) bond motifs is 1. The highest BCUT2D eigenvalue weighted by Gasteiger charge is 2.22. The standard InChI is InChI=1S/C25H22ClN3O2/c1-3-29-22-11-7-6-10-21(22)27-23(29)16-28(2)25(31)20-9-5-4-8-19(20)24(30)17-12-14-18(26)15-13-17/h4-15H,3,16H2,1-2H3. The molecular weight excluding hydrogens is 410 g/mol. The SMILES string of the molecule is CCn1c(CN(C)C(=O)c2ccccc2C(=O)c2ccc(Cl)cc2)nc2ccccc21. The predicted octanol–water partition coefficient (Wildman–Crippen LogP) is 5.21. The van der Waals surface area contributed by atoms with Crippen LogP contribution in [0.2, 0.25) is 5.02 Å². The molecule has 1 aromatic heterocycles. The number of carbonyl (C=O) groups is 2. The molecule has 0 unspecified atom stereocenters. The first-order valence-electron chi connectivity index (χ1n) is 10.1. The quantitative estimate of drug-likeness (QED) is 0.393. The second-order valence-corrected chi connectivity index (χ2v) is 7.74. The molecule has 4 rings (SSSR count). The Morgan fingerprint density at radius 3 is 2.29 bits per heavy atom. The number of aryl methyl sites for hydroxylation is 1. The van der Waals surface area contributed by atoms with E-state index in [2.05, 4.69) is 11.5 Å². The van der Waals surface area contributed by atoms with Gasteiger partial charge in [0.05, 0.1) is 23.1 Å². The first kappa shape index (κ1) is 20.8. The number of para-hydroxylation sites is 2. The summed E-state index contributed by atoms with van der Waals surface area (Å²) in [4.78, 5) is 32.6. The molecule has 0 aliphatic rings. The third-order valence-corrected chi connectivity index (χ3v) is 5.54. The largest absolute Gasteiger partial charge is 0.334 e. The minimum absolute atomic E-state index is 0.213. The first-order chi connectivity index (χ1) is 15.0. The molecule has 0 radical (unpaired) electrons. The zero-order valence-corrected chi connectivity index (χ0v) is 18.1. The number of ketones is 1. The molecule has 3 aromatic carbocycles. The molecule has 1 amide bonds. The van der Waals surface area contributed by atoms with E-state index in [1.54, 1.807) is 60.5 Å². The summed E-state index contributed by atoms with van der Waals surface area (Å²) in [5, 5.41) is 0.555. The summed E-state index contributed by atoms with van der Waals surface area (Å²) in [6, 6.07) is 21.5. The number of nitrogens with zero attached hydrogens (tertiary/aromatic N) is 3. The molecule has 0 fully saturated rings. The van der Waals surface area contributed by atoms with Crippen LogP contribution in [0.1, 0.15) is 39.0 Å². The molecule has 156 valence electrons. The van der Waals surface area contributed by atoms with Crippen molar-refractivity contribution >= 4 is 34.3 Å². The molecule has 0 spiro atoms. The normalized spacial score (nSPS) is 10.9. The number of aromatic nitrogens is 2. The van der Waals surface area contributed by atoms with E-state index < -0.39 is 0 Å². The summed E-state index contributed by atoms with van der Waals surface area (Å²) in [5.74, 6) is 0.364. The molecule has 5 nitrogen and oxygen atoms in total. The van der Waals surface area contributed by atoms with Crippen LogP contribution in [0.4, 0.5) is 0 Å². The number of hydrogen-bond donors (Lipinski definition) is 0. The maximum absolute atomic E-state index is 13.3. The van der Waals surface area contributed by atoms with Gasteiger partial charge in [0.2, 0.25) is 0 Å². The zero-order chi connectivity index (χ0) is 22.0. The van der Waals surface area contributed by atoms with Crippen LogP contribution in [0.25, 0.3) is 11.0 Å². The van der Waals surface area contributed by atoms with Crippen LogP contribution in [0.15, 0.2) is 72.8 Å². The molecule has 0 N–H and O–H groups in total. The van der Waals surface area contributed by atoms with E-state index in [9.17, 15) is 9.59 Å². The minimum Gasteiger partial charge on any atom is -0.334 e. The average molecular weight is 432 g/mol. The Balaban J connectivity index is 1.63. The molecule has 31 heavy (non-hydrogen) atoms. The van der Waals surface area contributed by atoms with Crippen LogP contribution in [0.3, 0.4) is 0 Å². The smallest absolute Gasteiger partial charge is 0.254 e. The highest BCUT2D eigenvalue weighted by molar-refractivity contribution is 6.30. The Morgan fingerprint density at radius 2 is 1.58 bits per heavy atom. The van der Waals surface area contributed by atoms with Crippen molar-refractivity contribution in [3.05, 3.63) is 100 Å². The number of amides is 1. The predicted molar refractivity (Wildman–Crippen MR) is 123 cm³/mol. The Bertz CT molecular complexity index is 1260. The van der Waals surface area contributed by atoms with Gasteiger partial charge >= 0.3 is 0 Å². The maximum Gasteiger partial charge on any atom is 0.254 e. The van der Waals surface area contributed by atoms with Crippen molar-refractivity contribution in [3.8, 4) is 0 Å². The van der Waals surface area contributed by atoms with E-state index in [-0.39, 0.29) is 11.7 Å². The van der Waals surface area contributed by atoms with Gasteiger partial charge in [-0.05, 0) is 49.4 Å². The molecule has 0 bridgehead atoms. The molecule has 0 saturated carbocycles. The van der Waals surface area contributed by atoms with Crippen molar-refractivity contribution in [2.45, 2.75) is 20.0 Å². The number of carbonyl (C=O) groups excluding carboxylic acids is 2. The van der Waals surface area contributed by atoms with Crippen molar-refractivity contribution in [1.82, 2.24) is 14.5 Å². The maximum atomic E-state index is 13.3. The van der Waals surface area contributed by atoms with Crippen LogP contribution in [-0.4, -0.2) is 33.2 Å². The molecule has 0 aliphatic heterocycles. The van der Waals surface area contributed by atoms with Crippen LogP contribution in [0.5, 0.6) is 0 Å². The van der Waals surface area contributed by atoms with E-state index in [1.165, 1.54) is 0 Å². The number of rotatable bonds is 6. The van der Waals surface area contributed by atoms with Gasteiger partial charge in [0.15, 0.2) is 5.78 Å². The monoisotopic (exact) mass is 431 g/mol. The molecule has 1 heterocycles. The summed E-state index contributed by atoms with van der Waals surface area (Å²) in [6.07, 6.45) is 0. The highest BCUT2D eigenvalue weighted by atomic mass is 35.5. The fourth-order valence-electron chi connectivity index (χ4n) is 3.71. The lowest BCUT2D eigenvalue weighted by molar-refractivity contribution is 0.0776. The molecule has 4 aromatic rings. The van der Waals surface area contributed by atoms with E-state index in [0.29, 0.717) is 28.3 Å². The van der Waals surface area contributed by atoms with Crippen molar-refractivity contribution < 1.29 is 9.59 Å². The molecular formula is C25H22ClN3O2. The lowest BCUT2D eigenvalue weighted by Gasteiger charge is -2.19. The van der Waals surface area contributed by atoms with Gasteiger partial charge in [-0.15, -0.1) is 0 Å². The lowest BCUT2D eigenvalue weighted by atomic mass is 9.97. The molecule has 0 saturated heterocycles. The van der Waals surface area contributed by atoms with Crippen LogP contribution in [0, 0.1) is 0 Å². The van der Waals surface area contributed by atoms with E-state index in [4.69, 9.17) is 16.6 Å². The average Bonchev–Trinajstić information content (AvgIpc) is 3.15. The number of hydrogen-bond acceptors (Lipinski definition) is 3. The van der Waals surface area contributed by atoms with E-state index in [1.807, 2.05) is 24.3 Å². The minimum atomic E-state index is -0.229. The van der Waals surface area contributed by atoms with Gasteiger partial charge in [-0.2, -0.15) is 0 Å². The van der Waals surface area contributed by atoms with Gasteiger partial charge in [0.1, 0.15) is 5.82 Å². The molecule has 6 heteroatoms. The Kier molecular flexibility index (Phi) is 5.87. The van der Waals surface area contributed by atoms with Crippen LogP contribution in [-0.2, 0) is 13.1 Å². The highest BCUT2D eigenvalue weighted by Crippen LogP contribution is 2.20. The van der Waals surface area contributed by atoms with Crippen molar-refractivity contribution in [3.63, 3.8) is 0 Å². The fourth-order valence-corrected chi connectivity index (χ4v) is 3.84. The van der Waals surface area contributed by atoms with Gasteiger partial charge in [-0.1, -0.05) is 41.9 Å². The first-order valence-corrected chi connectivity index (χ1v) is 10.5. The van der Waals surface area contributed by atoms with Gasteiger partial charge in [0, 0.05) is 29.7 Å². The van der Waals surface area contributed by atoms with Crippen molar-refractivity contribution in [2.75, 3.05) is 7.05 Å². The topological polar surface area (TPSA) is 55.2 Å². The van der Waals surface area contributed by atoms with Crippen molar-refractivity contribution in [2.24, 2.45) is 0 Å². The lowest BCUT2D eigenvalue weighted by Crippen LogP contribution is -2.29. The number of halogens is 1. The summed E-state index contributed by atoms with van der Waals surface area (Å²) >= 11 is 5.94. The molecule has 0 aliphatic carbocycles. The Hall–Kier alpha value is -3.44. The summed E-state index contributed by atoms with van der Waals surface area (Å²) in [5.41, 5.74) is 3.16. The van der Waals surface area contributed by atoms with Gasteiger partial charge in [0.25, 0.3) is 5.91 Å².